The first-order valence-corrected chi connectivity index (χ1v) is 4.02. The maximum atomic E-state index is 10.5. The monoisotopic (exact) mass is 236 g/mol. The van der Waals surface area contributed by atoms with Crippen molar-refractivity contribution in [3.63, 3.8) is 0 Å². The molecule has 0 rings (SSSR count). The number of nitrogens with one attached hydrogen (secondary N) is 3. The fourth-order valence-electron chi connectivity index (χ4n) is 0.361. The summed E-state index contributed by atoms with van der Waals surface area (Å²) in [7, 11) is 0. The molecule has 0 spiro atoms. The van der Waals surface area contributed by atoms with Gasteiger partial charge in [-0.2, -0.15) is 0 Å². The van der Waals surface area contributed by atoms with E-state index in [0.29, 0.717) is 0 Å². The molecule has 0 radical (unpaired) electrons. The zero-order chi connectivity index (χ0) is 12.6. The van der Waals surface area contributed by atoms with Crippen LogP contribution in [0.2, 0.25) is 0 Å². The molecule has 0 aliphatic rings. The van der Waals surface area contributed by atoms with Gasteiger partial charge in [0, 0.05) is 20.8 Å². The van der Waals surface area contributed by atoms with Crippen molar-refractivity contribution in [3.05, 3.63) is 0 Å². The van der Waals surface area contributed by atoms with E-state index in [9.17, 15) is 14.4 Å². The molecule has 0 fully saturated rings. The Morgan fingerprint density at radius 1 is 0.750 bits per heavy atom. The van der Waals surface area contributed by atoms with Gasteiger partial charge < -0.3 is 0 Å². The van der Waals surface area contributed by atoms with Crippen molar-refractivity contribution < 1.29 is 29.2 Å². The summed E-state index contributed by atoms with van der Waals surface area (Å²) < 4.78 is 0. The number of carbonyl (C=O) groups is 3. The van der Waals surface area contributed by atoms with Gasteiger partial charge in [0.25, 0.3) is 0 Å². The first-order chi connectivity index (χ1) is 7.41. The Morgan fingerprint density at radius 3 is 1.19 bits per heavy atom. The molecule has 0 atom stereocenters. The van der Waals surface area contributed by atoms with Crippen molar-refractivity contribution in [2.75, 3.05) is 0 Å². The first-order valence-electron chi connectivity index (χ1n) is 4.02. The number of rotatable bonds is 6. The molecule has 0 aromatic rings. The molecule has 0 heterocycles. The minimum absolute atomic E-state index is 0.171. The number of hydroxylamine groups is 3. The zero-order valence-corrected chi connectivity index (χ0v) is 8.90. The van der Waals surface area contributed by atoms with Gasteiger partial charge in [-0.25, -0.2) is 16.4 Å². The smallest absolute Gasteiger partial charge is 0.242 e. The van der Waals surface area contributed by atoms with Crippen LogP contribution < -0.4 is 16.4 Å². The van der Waals surface area contributed by atoms with Crippen LogP contribution in [0.5, 0.6) is 0 Å². The van der Waals surface area contributed by atoms with Gasteiger partial charge in [-0.05, 0) is 0 Å². The molecule has 0 aromatic heterocycles. The Labute approximate surface area is 90.5 Å². The minimum Gasteiger partial charge on any atom is -0.273 e. The van der Waals surface area contributed by atoms with Crippen molar-refractivity contribution in [2.45, 2.75) is 20.8 Å². The van der Waals surface area contributed by atoms with Crippen LogP contribution in [0.4, 0.5) is 0 Å². The Morgan fingerprint density at radius 2 is 1.00 bits per heavy atom. The van der Waals surface area contributed by atoms with E-state index in [1.54, 1.807) is 0 Å². The lowest BCUT2D eigenvalue weighted by Crippen LogP contribution is -2.43. The van der Waals surface area contributed by atoms with Gasteiger partial charge in [-0.1, -0.05) is 0 Å². The summed E-state index contributed by atoms with van der Waals surface area (Å²) >= 11 is 0. The van der Waals surface area contributed by atoms with E-state index in [1.807, 2.05) is 16.4 Å². The molecule has 0 aromatic carbocycles. The van der Waals surface area contributed by atoms with Crippen LogP contribution in [0, 0.1) is 0 Å². The zero-order valence-electron chi connectivity index (χ0n) is 8.90. The molecule has 10 heteroatoms. The second-order valence-electron chi connectivity index (χ2n) is 2.47. The van der Waals surface area contributed by atoms with E-state index in [-0.39, 0.29) is 5.39 Å². The highest BCUT2D eigenvalue weighted by molar-refractivity contribution is 5.72. The Hall–Kier alpha value is -1.75. The molecular formula is C6H12N4O6. The molecular weight excluding hydrogens is 224 g/mol. The van der Waals surface area contributed by atoms with E-state index in [1.165, 1.54) is 0 Å². The van der Waals surface area contributed by atoms with Gasteiger partial charge in [0.2, 0.25) is 17.7 Å². The number of carbonyl (C=O) groups excluding carboxylic acids is 3. The molecule has 10 nitrogen and oxygen atoms in total. The summed E-state index contributed by atoms with van der Waals surface area (Å²) in [4.78, 5) is 44.5. The number of nitrogens with zero attached hydrogens (tertiary/aromatic N) is 1. The lowest BCUT2D eigenvalue weighted by Gasteiger charge is -2.16. The standard InChI is InChI=1S/C6H12N4O6/c1-4(11)7-14-10(15-8-5(2)12)16-9-6(3)13/h1-3H3,(H,7,11)(H,8,12)(H,9,13). The predicted molar refractivity (Wildman–Crippen MR) is 46.5 cm³/mol. The minimum atomic E-state index is -0.553. The summed E-state index contributed by atoms with van der Waals surface area (Å²) in [6.07, 6.45) is 0. The van der Waals surface area contributed by atoms with E-state index in [0.717, 1.165) is 20.8 Å². The van der Waals surface area contributed by atoms with Gasteiger partial charge in [0.15, 0.2) is 0 Å². The van der Waals surface area contributed by atoms with E-state index in [2.05, 4.69) is 14.8 Å². The largest absolute Gasteiger partial charge is 0.273 e. The molecule has 92 valence electrons. The summed E-state index contributed by atoms with van der Waals surface area (Å²) in [5.41, 5.74) is 5.48. The van der Waals surface area contributed by atoms with Crippen molar-refractivity contribution in [2.24, 2.45) is 0 Å². The average molecular weight is 236 g/mol. The first kappa shape index (κ1) is 14.2. The SMILES string of the molecule is CC(=O)NON(ONC(C)=O)ONC(C)=O. The lowest BCUT2D eigenvalue weighted by molar-refractivity contribution is -0.562. The van der Waals surface area contributed by atoms with Gasteiger partial charge in [-0.3, -0.25) is 14.4 Å². The fourth-order valence-corrected chi connectivity index (χ4v) is 0.361. The topological polar surface area (TPSA) is 118 Å². The quantitative estimate of drug-likeness (QED) is 0.467. The molecule has 0 aliphatic heterocycles. The lowest BCUT2D eigenvalue weighted by atomic mass is 10.8. The van der Waals surface area contributed by atoms with Crippen molar-refractivity contribution in [1.29, 1.82) is 0 Å². The Kier molecular flexibility index (Phi) is 6.71. The highest BCUT2D eigenvalue weighted by Gasteiger charge is 2.11. The third-order valence-corrected chi connectivity index (χ3v) is 0.792. The van der Waals surface area contributed by atoms with E-state index in [4.69, 9.17) is 0 Å². The molecule has 3 amide bonds. The molecule has 3 N–H and O–H groups in total. The van der Waals surface area contributed by atoms with Crippen LogP contribution in [0.15, 0.2) is 0 Å². The number of hydrogen-bond acceptors (Lipinski definition) is 7. The highest BCUT2D eigenvalue weighted by Crippen LogP contribution is 1.87. The molecule has 0 bridgehead atoms. The van der Waals surface area contributed by atoms with Gasteiger partial charge in [0.1, 0.15) is 5.39 Å². The number of amides is 3. The van der Waals surface area contributed by atoms with Crippen LogP contribution in [0.3, 0.4) is 0 Å². The third kappa shape index (κ3) is 8.83. The average Bonchev–Trinajstić information content (AvgIpc) is 2.15. The van der Waals surface area contributed by atoms with Crippen LogP contribution in [-0.4, -0.2) is 23.1 Å². The normalized spacial score (nSPS) is 9.75. The van der Waals surface area contributed by atoms with Crippen LogP contribution in [0.1, 0.15) is 20.8 Å². The van der Waals surface area contributed by atoms with Crippen molar-refractivity contribution >= 4 is 17.7 Å². The van der Waals surface area contributed by atoms with Crippen molar-refractivity contribution in [3.8, 4) is 0 Å². The number of hydrogen-bond donors (Lipinski definition) is 3. The fraction of sp³-hybridized carbons (Fsp3) is 0.500. The van der Waals surface area contributed by atoms with Crippen LogP contribution in [0.25, 0.3) is 0 Å². The maximum Gasteiger partial charge on any atom is 0.242 e. The summed E-state index contributed by atoms with van der Waals surface area (Å²) in [6, 6.07) is 0. The van der Waals surface area contributed by atoms with E-state index < -0.39 is 17.7 Å². The predicted octanol–water partition coefficient (Wildman–Crippen LogP) is -1.76. The van der Waals surface area contributed by atoms with Gasteiger partial charge in [0.05, 0.1) is 0 Å². The summed E-state index contributed by atoms with van der Waals surface area (Å²) in [5, 5.41) is 0.171. The third-order valence-electron chi connectivity index (χ3n) is 0.792. The summed E-state index contributed by atoms with van der Waals surface area (Å²) in [5.74, 6) is -1.66. The van der Waals surface area contributed by atoms with Gasteiger partial charge in [-0.15, -0.1) is 14.8 Å². The maximum absolute atomic E-state index is 10.5. The molecule has 0 saturated heterocycles. The summed E-state index contributed by atoms with van der Waals surface area (Å²) in [6.45, 7) is 3.49. The Bertz CT molecular complexity index is 227. The van der Waals surface area contributed by atoms with Crippen molar-refractivity contribution in [1.82, 2.24) is 21.8 Å². The van der Waals surface area contributed by atoms with Crippen LogP contribution in [-0.2, 0) is 29.2 Å². The molecule has 0 unspecified atom stereocenters. The highest BCUT2D eigenvalue weighted by atomic mass is 17.3. The molecule has 0 saturated carbocycles. The molecule has 0 aliphatic carbocycles. The second kappa shape index (κ2) is 7.53. The van der Waals surface area contributed by atoms with Crippen LogP contribution >= 0.6 is 0 Å². The van der Waals surface area contributed by atoms with E-state index >= 15 is 0 Å². The molecule has 16 heavy (non-hydrogen) atoms. The van der Waals surface area contributed by atoms with Gasteiger partial charge >= 0.3 is 0 Å². The Balaban J connectivity index is 3.98. The second-order valence-corrected chi connectivity index (χ2v) is 2.47.